The third-order valence-electron chi connectivity index (χ3n) is 0.778. The fourth-order valence-corrected chi connectivity index (χ4v) is 0.494. The number of aromatic amines is 1. The molecule has 0 unspecified atom stereocenters. The minimum Gasteiger partial charge on any atom is -0.505 e. The fourth-order valence-electron chi connectivity index (χ4n) is 0.385. The summed E-state index contributed by atoms with van der Waals surface area (Å²) in [7, 11) is 0. The van der Waals surface area contributed by atoms with Gasteiger partial charge in [0.05, 0.1) is 0 Å². The Morgan fingerprint density at radius 2 is 2.12 bits per heavy atom. The molecule has 1 rings (SSSR count). The van der Waals surface area contributed by atoms with E-state index in [1.54, 1.807) is 0 Å². The van der Waals surface area contributed by atoms with Crippen LogP contribution in [0.2, 0.25) is 5.02 Å². The maximum absolute atomic E-state index is 8.62. The molecule has 0 spiro atoms. The van der Waals surface area contributed by atoms with Crippen molar-refractivity contribution in [1.82, 2.24) is 4.98 Å². The molecule has 4 heteroatoms. The Labute approximate surface area is 50.5 Å². The molecule has 0 radical (unpaired) electrons. The van der Waals surface area contributed by atoms with Crippen LogP contribution in [-0.2, 0) is 0 Å². The lowest BCUT2D eigenvalue weighted by Crippen LogP contribution is -1.56. The van der Waals surface area contributed by atoms with Crippen molar-refractivity contribution in [3.63, 3.8) is 0 Å². The number of rotatable bonds is 0. The van der Waals surface area contributed by atoms with Crippen molar-refractivity contribution in [2.45, 2.75) is 0 Å². The number of aromatic nitrogens is 1. The van der Waals surface area contributed by atoms with E-state index in [2.05, 4.69) is 4.98 Å². The largest absolute Gasteiger partial charge is 0.505 e. The zero-order valence-electron chi connectivity index (χ0n) is 3.85. The van der Waals surface area contributed by atoms with Crippen LogP contribution in [0.5, 0.6) is 11.6 Å². The summed E-state index contributed by atoms with van der Waals surface area (Å²) >= 11 is 5.26. The van der Waals surface area contributed by atoms with Crippen molar-refractivity contribution in [1.29, 1.82) is 0 Å². The Bertz CT molecular complexity index is 176. The molecule has 3 nitrogen and oxygen atoms in total. The molecule has 0 aliphatic rings. The highest BCUT2D eigenvalue weighted by Gasteiger charge is 2.03. The SMILES string of the molecule is Oc1c[nH]c(O)c1Cl. The fraction of sp³-hybridized carbons (Fsp3) is 0. The standard InChI is InChI=1S/C4H4ClNO2/c5-3-2(7)1-6-4(3)8/h1,6-8H. The number of halogens is 1. The van der Waals surface area contributed by atoms with Crippen molar-refractivity contribution >= 4 is 11.6 Å². The van der Waals surface area contributed by atoms with Crippen LogP contribution < -0.4 is 0 Å². The first-order valence-corrected chi connectivity index (χ1v) is 2.34. The average Bonchev–Trinajstić information content (AvgIpc) is 1.98. The Kier molecular flexibility index (Phi) is 1.06. The summed E-state index contributed by atoms with van der Waals surface area (Å²) in [6.45, 7) is 0. The summed E-state index contributed by atoms with van der Waals surface area (Å²) in [5, 5.41) is 17.2. The van der Waals surface area contributed by atoms with Crippen molar-refractivity contribution in [2.75, 3.05) is 0 Å². The van der Waals surface area contributed by atoms with Gasteiger partial charge in [0.1, 0.15) is 5.02 Å². The van der Waals surface area contributed by atoms with Crippen LogP contribution >= 0.6 is 11.6 Å². The van der Waals surface area contributed by atoms with Crippen LogP contribution in [0.1, 0.15) is 0 Å². The van der Waals surface area contributed by atoms with E-state index in [-0.39, 0.29) is 16.7 Å². The van der Waals surface area contributed by atoms with Crippen LogP contribution in [0, 0.1) is 0 Å². The number of hydrogen-bond acceptors (Lipinski definition) is 2. The third-order valence-corrected chi connectivity index (χ3v) is 1.15. The van der Waals surface area contributed by atoms with Gasteiger partial charge in [-0.3, -0.25) is 0 Å². The van der Waals surface area contributed by atoms with Crippen molar-refractivity contribution in [3.8, 4) is 11.6 Å². The summed E-state index contributed by atoms with van der Waals surface area (Å²) in [6.07, 6.45) is 1.21. The monoisotopic (exact) mass is 133 g/mol. The second kappa shape index (κ2) is 1.59. The van der Waals surface area contributed by atoms with Gasteiger partial charge < -0.3 is 15.2 Å². The second-order valence-electron chi connectivity index (χ2n) is 1.34. The Balaban J connectivity index is 3.19. The van der Waals surface area contributed by atoms with E-state index < -0.39 is 0 Å². The van der Waals surface area contributed by atoms with E-state index in [1.165, 1.54) is 6.20 Å². The predicted octanol–water partition coefficient (Wildman–Crippen LogP) is 1.08. The van der Waals surface area contributed by atoms with E-state index >= 15 is 0 Å². The first-order valence-electron chi connectivity index (χ1n) is 1.96. The maximum atomic E-state index is 8.62. The Hall–Kier alpha value is -0.830. The van der Waals surface area contributed by atoms with Gasteiger partial charge in [0, 0.05) is 6.20 Å². The maximum Gasteiger partial charge on any atom is 0.211 e. The molecule has 0 aromatic carbocycles. The molecular formula is C4H4ClNO2. The first kappa shape index (κ1) is 5.31. The summed E-state index contributed by atoms with van der Waals surface area (Å²) in [4.78, 5) is 2.31. The zero-order chi connectivity index (χ0) is 6.15. The lowest BCUT2D eigenvalue weighted by Gasteiger charge is -1.81. The van der Waals surface area contributed by atoms with Crippen LogP contribution in [0.25, 0.3) is 0 Å². The number of hydrogen-bond donors (Lipinski definition) is 3. The van der Waals surface area contributed by atoms with Crippen molar-refractivity contribution in [3.05, 3.63) is 11.2 Å². The van der Waals surface area contributed by atoms with E-state index in [0.29, 0.717) is 0 Å². The molecule has 0 aliphatic heterocycles. The molecule has 0 saturated heterocycles. The zero-order valence-corrected chi connectivity index (χ0v) is 4.61. The molecular weight excluding hydrogens is 130 g/mol. The molecule has 3 N–H and O–H groups in total. The van der Waals surface area contributed by atoms with E-state index in [9.17, 15) is 0 Å². The third kappa shape index (κ3) is 0.607. The summed E-state index contributed by atoms with van der Waals surface area (Å²) in [5.74, 6) is -0.340. The molecule has 0 fully saturated rings. The molecule has 1 aromatic heterocycles. The van der Waals surface area contributed by atoms with Gasteiger partial charge in [-0.25, -0.2) is 0 Å². The minimum atomic E-state index is -0.204. The number of aromatic hydroxyl groups is 2. The van der Waals surface area contributed by atoms with Gasteiger partial charge in [-0.05, 0) is 0 Å². The molecule has 0 bridgehead atoms. The smallest absolute Gasteiger partial charge is 0.211 e. The Morgan fingerprint density at radius 3 is 2.25 bits per heavy atom. The normalized spacial score (nSPS) is 9.62. The summed E-state index contributed by atoms with van der Waals surface area (Å²) < 4.78 is 0. The molecule has 0 aliphatic carbocycles. The summed E-state index contributed by atoms with van der Waals surface area (Å²) in [6, 6.07) is 0. The van der Waals surface area contributed by atoms with E-state index in [0.717, 1.165) is 0 Å². The number of H-pyrrole nitrogens is 1. The van der Waals surface area contributed by atoms with Gasteiger partial charge in [-0.15, -0.1) is 0 Å². The van der Waals surface area contributed by atoms with Crippen molar-refractivity contribution in [2.24, 2.45) is 0 Å². The highest BCUT2D eigenvalue weighted by Crippen LogP contribution is 2.30. The van der Waals surface area contributed by atoms with Gasteiger partial charge in [0.2, 0.25) is 5.88 Å². The molecule has 1 heterocycles. The highest BCUT2D eigenvalue weighted by atomic mass is 35.5. The molecule has 0 saturated carbocycles. The predicted molar refractivity (Wildman–Crippen MR) is 29.1 cm³/mol. The second-order valence-corrected chi connectivity index (χ2v) is 1.71. The lowest BCUT2D eigenvalue weighted by molar-refractivity contribution is 0.452. The van der Waals surface area contributed by atoms with Gasteiger partial charge in [0.25, 0.3) is 0 Å². The molecule has 0 atom stereocenters. The molecule has 1 aromatic rings. The Morgan fingerprint density at radius 1 is 1.50 bits per heavy atom. The van der Waals surface area contributed by atoms with Gasteiger partial charge >= 0.3 is 0 Å². The first-order chi connectivity index (χ1) is 3.72. The summed E-state index contributed by atoms with van der Waals surface area (Å²) in [5.41, 5.74) is 0. The van der Waals surface area contributed by atoms with Gasteiger partial charge in [-0.2, -0.15) is 0 Å². The number of nitrogens with one attached hydrogen (secondary N) is 1. The minimum absolute atomic E-state index is 0.0370. The average molecular weight is 134 g/mol. The van der Waals surface area contributed by atoms with Crippen molar-refractivity contribution < 1.29 is 10.2 Å². The van der Waals surface area contributed by atoms with E-state index in [4.69, 9.17) is 21.8 Å². The van der Waals surface area contributed by atoms with Gasteiger partial charge in [-0.1, -0.05) is 11.6 Å². The van der Waals surface area contributed by atoms with Crippen LogP contribution in [-0.4, -0.2) is 15.2 Å². The lowest BCUT2D eigenvalue weighted by atomic mass is 10.6. The highest BCUT2D eigenvalue weighted by molar-refractivity contribution is 6.33. The molecule has 8 heavy (non-hydrogen) atoms. The molecule has 0 amide bonds. The molecule has 44 valence electrons. The quantitative estimate of drug-likeness (QED) is 0.496. The van der Waals surface area contributed by atoms with Crippen LogP contribution in [0.3, 0.4) is 0 Å². The van der Waals surface area contributed by atoms with Crippen LogP contribution in [0.15, 0.2) is 6.20 Å². The van der Waals surface area contributed by atoms with Gasteiger partial charge in [0.15, 0.2) is 5.75 Å². The topological polar surface area (TPSA) is 56.2 Å². The van der Waals surface area contributed by atoms with E-state index in [1.807, 2.05) is 0 Å². The van der Waals surface area contributed by atoms with Crippen LogP contribution in [0.4, 0.5) is 0 Å².